The van der Waals surface area contributed by atoms with Gasteiger partial charge in [-0.2, -0.15) is 0 Å². The first-order chi connectivity index (χ1) is 9.16. The molecule has 3 nitrogen and oxygen atoms in total. The van der Waals surface area contributed by atoms with Crippen LogP contribution in [0.4, 0.5) is 5.69 Å². The number of aromatic nitrogens is 1. The van der Waals surface area contributed by atoms with Crippen molar-refractivity contribution in [2.75, 3.05) is 5.73 Å². The maximum absolute atomic E-state index is 6.05. The zero-order valence-corrected chi connectivity index (χ0v) is 11.1. The SMILES string of the molecule is CC(C)c1cc2c(-c3ccccc3)noc2cc1N. The van der Waals surface area contributed by atoms with Gasteiger partial charge in [-0.05, 0) is 17.5 Å². The van der Waals surface area contributed by atoms with E-state index in [0.29, 0.717) is 5.92 Å². The molecule has 1 heterocycles. The molecule has 0 saturated heterocycles. The van der Waals surface area contributed by atoms with Crippen LogP contribution in [-0.2, 0) is 0 Å². The number of nitrogens with zero attached hydrogens (tertiary/aromatic N) is 1. The molecule has 0 aliphatic heterocycles. The predicted octanol–water partition coefficient (Wildman–Crippen LogP) is 4.20. The number of anilines is 1. The fraction of sp³-hybridized carbons (Fsp3) is 0.188. The second-order valence-corrected chi connectivity index (χ2v) is 5.03. The Morgan fingerprint density at radius 2 is 1.84 bits per heavy atom. The predicted molar refractivity (Wildman–Crippen MR) is 77.9 cm³/mol. The Kier molecular flexibility index (Phi) is 2.75. The molecule has 0 aliphatic rings. The second-order valence-electron chi connectivity index (χ2n) is 5.03. The Morgan fingerprint density at radius 1 is 1.11 bits per heavy atom. The first-order valence-electron chi connectivity index (χ1n) is 6.41. The molecule has 0 amide bonds. The van der Waals surface area contributed by atoms with E-state index in [0.717, 1.165) is 33.5 Å². The number of fused-ring (bicyclic) bond motifs is 1. The minimum atomic E-state index is 0.378. The molecule has 3 heteroatoms. The monoisotopic (exact) mass is 252 g/mol. The fourth-order valence-corrected chi connectivity index (χ4v) is 2.32. The molecule has 0 saturated carbocycles. The van der Waals surface area contributed by atoms with Crippen LogP contribution in [0.3, 0.4) is 0 Å². The van der Waals surface area contributed by atoms with Crippen LogP contribution in [0.5, 0.6) is 0 Å². The van der Waals surface area contributed by atoms with Gasteiger partial charge in [-0.15, -0.1) is 0 Å². The van der Waals surface area contributed by atoms with Gasteiger partial charge in [0.05, 0.1) is 5.39 Å². The van der Waals surface area contributed by atoms with Gasteiger partial charge in [0, 0.05) is 17.3 Å². The summed E-state index contributed by atoms with van der Waals surface area (Å²) >= 11 is 0. The van der Waals surface area contributed by atoms with Gasteiger partial charge in [-0.3, -0.25) is 0 Å². The number of rotatable bonds is 2. The summed E-state index contributed by atoms with van der Waals surface area (Å²) in [5, 5.41) is 5.19. The lowest BCUT2D eigenvalue weighted by atomic mass is 9.98. The van der Waals surface area contributed by atoms with Gasteiger partial charge in [0.2, 0.25) is 0 Å². The van der Waals surface area contributed by atoms with Gasteiger partial charge < -0.3 is 10.3 Å². The number of benzene rings is 2. The fourth-order valence-electron chi connectivity index (χ4n) is 2.32. The molecule has 2 N–H and O–H groups in total. The quantitative estimate of drug-likeness (QED) is 0.695. The first kappa shape index (κ1) is 11.8. The van der Waals surface area contributed by atoms with Crippen molar-refractivity contribution in [3.8, 4) is 11.3 Å². The molecule has 0 bridgehead atoms. The number of nitrogens with two attached hydrogens (primary N) is 1. The topological polar surface area (TPSA) is 52.0 Å². The smallest absolute Gasteiger partial charge is 0.169 e. The largest absolute Gasteiger partial charge is 0.398 e. The van der Waals surface area contributed by atoms with Gasteiger partial charge in [0.25, 0.3) is 0 Å². The van der Waals surface area contributed by atoms with Crippen molar-refractivity contribution in [3.63, 3.8) is 0 Å². The number of hydrogen-bond donors (Lipinski definition) is 1. The Bertz CT molecular complexity index is 714. The standard InChI is InChI=1S/C16H16N2O/c1-10(2)12-8-13-15(9-14(12)17)19-18-16(13)11-6-4-3-5-7-11/h3-10H,17H2,1-2H3. The van der Waals surface area contributed by atoms with Crippen molar-refractivity contribution >= 4 is 16.7 Å². The Balaban J connectivity index is 2.25. The molecule has 3 rings (SSSR count). The van der Waals surface area contributed by atoms with E-state index in [1.807, 2.05) is 36.4 Å². The lowest BCUT2D eigenvalue weighted by Gasteiger charge is -2.08. The zero-order chi connectivity index (χ0) is 13.4. The lowest BCUT2D eigenvalue weighted by Crippen LogP contribution is -1.95. The minimum absolute atomic E-state index is 0.378. The molecular formula is C16H16N2O. The maximum Gasteiger partial charge on any atom is 0.169 e. The van der Waals surface area contributed by atoms with E-state index in [1.54, 1.807) is 0 Å². The van der Waals surface area contributed by atoms with Crippen molar-refractivity contribution in [1.29, 1.82) is 0 Å². The van der Waals surface area contributed by atoms with Crippen LogP contribution in [0.15, 0.2) is 47.0 Å². The average molecular weight is 252 g/mol. The van der Waals surface area contributed by atoms with E-state index in [9.17, 15) is 0 Å². The number of nitrogen functional groups attached to an aromatic ring is 1. The van der Waals surface area contributed by atoms with E-state index in [-0.39, 0.29) is 0 Å². The van der Waals surface area contributed by atoms with Crippen LogP contribution >= 0.6 is 0 Å². The summed E-state index contributed by atoms with van der Waals surface area (Å²) in [4.78, 5) is 0. The maximum atomic E-state index is 6.05. The van der Waals surface area contributed by atoms with Gasteiger partial charge in [-0.25, -0.2) is 0 Å². The summed E-state index contributed by atoms with van der Waals surface area (Å²) in [7, 11) is 0. The van der Waals surface area contributed by atoms with Crippen LogP contribution in [0.1, 0.15) is 25.3 Å². The summed E-state index contributed by atoms with van der Waals surface area (Å²) in [6, 6.07) is 14.0. The molecule has 96 valence electrons. The van der Waals surface area contributed by atoms with Gasteiger partial charge in [0.15, 0.2) is 5.58 Å². The lowest BCUT2D eigenvalue weighted by molar-refractivity contribution is 0.459. The Morgan fingerprint density at radius 3 is 2.53 bits per heavy atom. The van der Waals surface area contributed by atoms with Gasteiger partial charge in [-0.1, -0.05) is 49.3 Å². The first-order valence-corrected chi connectivity index (χ1v) is 6.41. The summed E-state index contributed by atoms with van der Waals surface area (Å²) < 4.78 is 5.39. The zero-order valence-electron chi connectivity index (χ0n) is 11.1. The van der Waals surface area contributed by atoms with E-state index in [4.69, 9.17) is 10.3 Å². The summed E-state index contributed by atoms with van der Waals surface area (Å²) in [5.41, 5.74) is 10.6. The number of hydrogen-bond acceptors (Lipinski definition) is 3. The molecule has 3 aromatic rings. The molecule has 0 aliphatic carbocycles. The summed E-state index contributed by atoms with van der Waals surface area (Å²) in [5.74, 6) is 0.378. The van der Waals surface area contributed by atoms with E-state index >= 15 is 0 Å². The molecule has 0 spiro atoms. The summed E-state index contributed by atoms with van der Waals surface area (Å²) in [6.07, 6.45) is 0. The molecule has 2 aromatic carbocycles. The van der Waals surface area contributed by atoms with Crippen molar-refractivity contribution < 1.29 is 4.52 Å². The molecule has 0 radical (unpaired) electrons. The minimum Gasteiger partial charge on any atom is -0.398 e. The van der Waals surface area contributed by atoms with Gasteiger partial charge in [0.1, 0.15) is 5.69 Å². The molecule has 0 atom stereocenters. The Labute approximate surface area is 112 Å². The third-order valence-electron chi connectivity index (χ3n) is 3.34. The summed E-state index contributed by atoms with van der Waals surface area (Å²) in [6.45, 7) is 4.26. The average Bonchev–Trinajstić information content (AvgIpc) is 2.81. The van der Waals surface area contributed by atoms with Crippen molar-refractivity contribution in [2.45, 2.75) is 19.8 Å². The van der Waals surface area contributed by atoms with Crippen LogP contribution in [-0.4, -0.2) is 5.16 Å². The van der Waals surface area contributed by atoms with Gasteiger partial charge >= 0.3 is 0 Å². The van der Waals surface area contributed by atoms with E-state index < -0.39 is 0 Å². The van der Waals surface area contributed by atoms with E-state index in [2.05, 4.69) is 25.1 Å². The molecule has 0 unspecified atom stereocenters. The third kappa shape index (κ3) is 1.97. The Hall–Kier alpha value is -2.29. The highest BCUT2D eigenvalue weighted by atomic mass is 16.5. The van der Waals surface area contributed by atoms with Crippen LogP contribution in [0.2, 0.25) is 0 Å². The van der Waals surface area contributed by atoms with Crippen molar-refractivity contribution in [3.05, 3.63) is 48.0 Å². The van der Waals surface area contributed by atoms with Crippen molar-refractivity contribution in [1.82, 2.24) is 5.16 Å². The van der Waals surface area contributed by atoms with Crippen LogP contribution in [0.25, 0.3) is 22.2 Å². The van der Waals surface area contributed by atoms with Crippen LogP contribution < -0.4 is 5.73 Å². The highest BCUT2D eigenvalue weighted by molar-refractivity contribution is 5.94. The highest BCUT2D eigenvalue weighted by Gasteiger charge is 2.14. The molecule has 1 aromatic heterocycles. The second kappa shape index (κ2) is 4.43. The van der Waals surface area contributed by atoms with Crippen LogP contribution in [0, 0.1) is 0 Å². The highest BCUT2D eigenvalue weighted by Crippen LogP contribution is 2.33. The normalized spacial score (nSPS) is 11.3. The third-order valence-corrected chi connectivity index (χ3v) is 3.34. The molecule has 19 heavy (non-hydrogen) atoms. The van der Waals surface area contributed by atoms with E-state index in [1.165, 1.54) is 0 Å². The molecule has 0 fully saturated rings. The van der Waals surface area contributed by atoms with Crippen molar-refractivity contribution in [2.24, 2.45) is 0 Å². The molecular weight excluding hydrogens is 236 g/mol.